The van der Waals surface area contributed by atoms with E-state index < -0.39 is 5.41 Å². The molecule has 1 fully saturated rings. The van der Waals surface area contributed by atoms with Crippen LogP contribution in [-0.2, 0) is 4.79 Å². The predicted octanol–water partition coefficient (Wildman–Crippen LogP) is 2.85. The van der Waals surface area contributed by atoms with Gasteiger partial charge in [0.2, 0.25) is 5.91 Å². The molecule has 0 saturated carbocycles. The third kappa shape index (κ3) is 2.19. The number of amides is 1. The van der Waals surface area contributed by atoms with Crippen LogP contribution >= 0.6 is 15.9 Å². The second kappa shape index (κ2) is 4.67. The lowest BCUT2D eigenvalue weighted by molar-refractivity contribution is -0.129. The molecule has 1 heterocycles. The highest BCUT2D eigenvalue weighted by molar-refractivity contribution is 9.10. The Morgan fingerprint density at radius 1 is 1.44 bits per heavy atom. The maximum absolute atomic E-state index is 12.5. The summed E-state index contributed by atoms with van der Waals surface area (Å²) < 4.78 is 0.960. The molecule has 4 heteroatoms. The minimum absolute atomic E-state index is 0.0644. The van der Waals surface area contributed by atoms with E-state index in [-0.39, 0.29) is 11.9 Å². The number of halogens is 1. The van der Waals surface area contributed by atoms with Gasteiger partial charge in [-0.1, -0.05) is 6.07 Å². The Morgan fingerprint density at radius 3 is 2.72 bits per heavy atom. The van der Waals surface area contributed by atoms with Crippen molar-refractivity contribution in [2.24, 2.45) is 11.1 Å². The molecule has 1 aliphatic rings. The average molecular weight is 311 g/mol. The molecular formula is C14H19BrN2O. The first-order valence-electron chi connectivity index (χ1n) is 6.17. The van der Waals surface area contributed by atoms with Crippen LogP contribution in [0.3, 0.4) is 0 Å². The number of piperidine rings is 1. The zero-order valence-corrected chi connectivity index (χ0v) is 12.6. The van der Waals surface area contributed by atoms with Gasteiger partial charge in [-0.15, -0.1) is 0 Å². The maximum atomic E-state index is 12.5. The number of anilines is 1. The summed E-state index contributed by atoms with van der Waals surface area (Å²) in [4.78, 5) is 14.4. The van der Waals surface area contributed by atoms with E-state index in [9.17, 15) is 4.79 Å². The van der Waals surface area contributed by atoms with Crippen molar-refractivity contribution >= 4 is 27.5 Å². The normalized spacial score (nSPS) is 23.3. The number of nitrogens with two attached hydrogens (primary N) is 1. The fourth-order valence-electron chi connectivity index (χ4n) is 2.30. The van der Waals surface area contributed by atoms with Gasteiger partial charge in [0, 0.05) is 17.1 Å². The predicted molar refractivity (Wildman–Crippen MR) is 77.6 cm³/mol. The van der Waals surface area contributed by atoms with Gasteiger partial charge in [0.05, 0.1) is 11.1 Å². The van der Waals surface area contributed by atoms with Crippen molar-refractivity contribution in [3.05, 3.63) is 28.2 Å². The average Bonchev–Trinajstić information content (AvgIpc) is 2.29. The second-order valence-electron chi connectivity index (χ2n) is 5.53. The Bertz CT molecular complexity index is 485. The van der Waals surface area contributed by atoms with Crippen LogP contribution < -0.4 is 10.6 Å². The summed E-state index contributed by atoms with van der Waals surface area (Å²) in [5.74, 6) is 0.103. The van der Waals surface area contributed by atoms with Crippen molar-refractivity contribution in [2.45, 2.75) is 33.2 Å². The Hall–Kier alpha value is -0.870. The number of carbonyl (C=O) groups is 1. The lowest BCUT2D eigenvalue weighted by Crippen LogP contribution is -2.56. The van der Waals surface area contributed by atoms with Crippen molar-refractivity contribution in [3.63, 3.8) is 0 Å². The van der Waals surface area contributed by atoms with Crippen LogP contribution in [0.5, 0.6) is 0 Å². The SMILES string of the molecule is Cc1ccc(N2CCC(N)C(C)(C)C2=O)c(Br)c1. The summed E-state index contributed by atoms with van der Waals surface area (Å²) in [6, 6.07) is 5.98. The molecule has 0 aromatic heterocycles. The smallest absolute Gasteiger partial charge is 0.234 e. The monoisotopic (exact) mass is 310 g/mol. The summed E-state index contributed by atoms with van der Waals surface area (Å²) in [5, 5.41) is 0. The molecule has 98 valence electrons. The van der Waals surface area contributed by atoms with Crippen LogP contribution in [0.2, 0.25) is 0 Å². The van der Waals surface area contributed by atoms with E-state index in [1.54, 1.807) is 0 Å². The number of nitrogens with zero attached hydrogens (tertiary/aromatic N) is 1. The van der Waals surface area contributed by atoms with Gasteiger partial charge < -0.3 is 10.6 Å². The van der Waals surface area contributed by atoms with Crippen molar-refractivity contribution in [1.82, 2.24) is 0 Å². The molecule has 0 bridgehead atoms. The third-order valence-electron chi connectivity index (χ3n) is 3.78. The van der Waals surface area contributed by atoms with E-state index in [1.807, 2.05) is 43.9 Å². The zero-order chi connectivity index (χ0) is 13.5. The fraction of sp³-hybridized carbons (Fsp3) is 0.500. The largest absolute Gasteiger partial charge is 0.327 e. The van der Waals surface area contributed by atoms with Gasteiger partial charge in [-0.05, 0) is 60.8 Å². The molecule has 1 atom stereocenters. The lowest BCUT2D eigenvalue weighted by Gasteiger charge is -2.41. The van der Waals surface area contributed by atoms with Gasteiger partial charge >= 0.3 is 0 Å². The summed E-state index contributed by atoms with van der Waals surface area (Å²) in [5.41, 5.74) is 7.66. The number of hydrogen-bond donors (Lipinski definition) is 1. The highest BCUT2D eigenvalue weighted by Crippen LogP contribution is 2.35. The summed E-state index contributed by atoms with van der Waals surface area (Å²) in [6.07, 6.45) is 0.832. The Morgan fingerprint density at radius 2 is 2.11 bits per heavy atom. The lowest BCUT2D eigenvalue weighted by atomic mass is 9.78. The van der Waals surface area contributed by atoms with E-state index >= 15 is 0 Å². The molecule has 1 unspecified atom stereocenters. The molecule has 2 rings (SSSR count). The van der Waals surface area contributed by atoms with Gasteiger partial charge in [-0.25, -0.2) is 0 Å². The molecule has 1 saturated heterocycles. The van der Waals surface area contributed by atoms with Crippen LogP contribution in [0.4, 0.5) is 5.69 Å². The molecule has 0 spiro atoms. The number of aryl methyl sites for hydroxylation is 1. The van der Waals surface area contributed by atoms with Gasteiger partial charge in [0.15, 0.2) is 0 Å². The Kier molecular flexibility index (Phi) is 3.52. The number of rotatable bonds is 1. The first-order chi connectivity index (χ1) is 8.34. The minimum Gasteiger partial charge on any atom is -0.327 e. The minimum atomic E-state index is -0.497. The first-order valence-corrected chi connectivity index (χ1v) is 6.97. The molecule has 3 nitrogen and oxygen atoms in total. The Balaban J connectivity index is 2.37. The van der Waals surface area contributed by atoms with Gasteiger partial charge in [0.1, 0.15) is 0 Å². The molecule has 18 heavy (non-hydrogen) atoms. The summed E-state index contributed by atoms with van der Waals surface area (Å²) in [6.45, 7) is 6.57. The van der Waals surface area contributed by atoms with Crippen molar-refractivity contribution in [3.8, 4) is 0 Å². The maximum Gasteiger partial charge on any atom is 0.234 e. The van der Waals surface area contributed by atoms with E-state index in [0.717, 1.165) is 16.6 Å². The first kappa shape index (κ1) is 13.6. The standard InChI is InChI=1S/C14H19BrN2O/c1-9-4-5-11(10(15)8-9)17-7-6-12(16)14(2,3)13(17)18/h4-5,8,12H,6-7,16H2,1-3H3. The fourth-order valence-corrected chi connectivity index (χ4v) is 3.00. The van der Waals surface area contributed by atoms with Gasteiger partial charge in [0.25, 0.3) is 0 Å². The summed E-state index contributed by atoms with van der Waals surface area (Å²) in [7, 11) is 0. The van der Waals surface area contributed by atoms with E-state index in [1.165, 1.54) is 5.56 Å². The number of carbonyl (C=O) groups excluding carboxylic acids is 1. The van der Waals surface area contributed by atoms with Crippen molar-refractivity contribution < 1.29 is 4.79 Å². The molecule has 1 aromatic carbocycles. The highest BCUT2D eigenvalue weighted by atomic mass is 79.9. The zero-order valence-electron chi connectivity index (χ0n) is 11.0. The van der Waals surface area contributed by atoms with Crippen LogP contribution in [0.25, 0.3) is 0 Å². The molecular weight excluding hydrogens is 292 g/mol. The molecule has 1 amide bonds. The topological polar surface area (TPSA) is 46.3 Å². The Labute approximate surface area is 116 Å². The second-order valence-corrected chi connectivity index (χ2v) is 6.38. The highest BCUT2D eigenvalue weighted by Gasteiger charge is 2.42. The molecule has 1 aliphatic heterocycles. The molecule has 0 radical (unpaired) electrons. The van der Waals surface area contributed by atoms with Gasteiger partial charge in [-0.2, -0.15) is 0 Å². The third-order valence-corrected chi connectivity index (χ3v) is 4.42. The van der Waals surface area contributed by atoms with Crippen LogP contribution in [0, 0.1) is 12.3 Å². The van der Waals surface area contributed by atoms with Crippen LogP contribution in [-0.4, -0.2) is 18.5 Å². The summed E-state index contributed by atoms with van der Waals surface area (Å²) >= 11 is 3.54. The molecule has 1 aromatic rings. The van der Waals surface area contributed by atoms with E-state index in [2.05, 4.69) is 15.9 Å². The van der Waals surface area contributed by atoms with Gasteiger partial charge in [-0.3, -0.25) is 4.79 Å². The van der Waals surface area contributed by atoms with Crippen LogP contribution in [0.15, 0.2) is 22.7 Å². The number of benzene rings is 1. The van der Waals surface area contributed by atoms with E-state index in [0.29, 0.717) is 6.54 Å². The van der Waals surface area contributed by atoms with E-state index in [4.69, 9.17) is 5.73 Å². The van der Waals surface area contributed by atoms with Crippen molar-refractivity contribution in [2.75, 3.05) is 11.4 Å². The van der Waals surface area contributed by atoms with Crippen LogP contribution in [0.1, 0.15) is 25.8 Å². The number of hydrogen-bond acceptors (Lipinski definition) is 2. The molecule has 2 N–H and O–H groups in total. The van der Waals surface area contributed by atoms with Crippen molar-refractivity contribution in [1.29, 1.82) is 0 Å². The quantitative estimate of drug-likeness (QED) is 0.867. The molecule has 0 aliphatic carbocycles.